The molecule has 0 aliphatic carbocycles. The standard InChI is InChI=1S/C23H17Cl3N4O/c1-13-6-8-15(9-7-13)22-28-21(23(31)27-20-14(2)4-3-5-18(20)25)29-30(22)16-10-11-17(24)19(26)12-16/h3-12H,1-2H3,(H,27,31). The number of nitrogens with one attached hydrogen (secondary N) is 1. The van der Waals surface area contributed by atoms with Crippen LogP contribution in [0.25, 0.3) is 17.1 Å². The number of anilines is 1. The maximum atomic E-state index is 13.0. The molecule has 4 aromatic rings. The summed E-state index contributed by atoms with van der Waals surface area (Å²) in [7, 11) is 0. The molecule has 3 aromatic carbocycles. The van der Waals surface area contributed by atoms with Crippen LogP contribution in [0.5, 0.6) is 0 Å². The molecule has 0 atom stereocenters. The summed E-state index contributed by atoms with van der Waals surface area (Å²) < 4.78 is 1.57. The number of carbonyl (C=O) groups is 1. The zero-order valence-corrected chi connectivity index (χ0v) is 18.9. The molecule has 0 spiro atoms. The highest BCUT2D eigenvalue weighted by Gasteiger charge is 2.20. The van der Waals surface area contributed by atoms with Crippen LogP contribution in [0.15, 0.2) is 60.7 Å². The fraction of sp³-hybridized carbons (Fsp3) is 0.0870. The van der Waals surface area contributed by atoms with Gasteiger partial charge in [-0.05, 0) is 43.7 Å². The van der Waals surface area contributed by atoms with Crippen LogP contribution >= 0.6 is 34.8 Å². The first-order valence-electron chi connectivity index (χ1n) is 9.39. The zero-order valence-electron chi connectivity index (χ0n) is 16.7. The summed E-state index contributed by atoms with van der Waals surface area (Å²) in [6.07, 6.45) is 0. The van der Waals surface area contributed by atoms with E-state index < -0.39 is 5.91 Å². The number of rotatable bonds is 4. The van der Waals surface area contributed by atoms with Crippen molar-refractivity contribution in [3.63, 3.8) is 0 Å². The molecule has 0 bridgehead atoms. The van der Waals surface area contributed by atoms with Crippen molar-refractivity contribution in [1.29, 1.82) is 0 Å². The number of carbonyl (C=O) groups excluding carboxylic acids is 1. The number of aromatic nitrogens is 3. The van der Waals surface area contributed by atoms with Crippen molar-refractivity contribution < 1.29 is 4.79 Å². The molecule has 0 saturated carbocycles. The molecule has 4 rings (SSSR count). The molecule has 0 fully saturated rings. The second kappa shape index (κ2) is 8.71. The summed E-state index contributed by atoms with van der Waals surface area (Å²) in [6, 6.07) is 18.3. The van der Waals surface area contributed by atoms with Crippen molar-refractivity contribution >= 4 is 46.4 Å². The SMILES string of the molecule is Cc1ccc(-c2nc(C(=O)Nc3c(C)cccc3Cl)nn2-c2ccc(Cl)c(Cl)c2)cc1. The highest BCUT2D eigenvalue weighted by Crippen LogP contribution is 2.29. The number of nitrogens with zero attached hydrogens (tertiary/aromatic N) is 3. The minimum Gasteiger partial charge on any atom is -0.318 e. The lowest BCUT2D eigenvalue weighted by molar-refractivity contribution is 0.101. The van der Waals surface area contributed by atoms with E-state index in [0.29, 0.717) is 32.3 Å². The summed E-state index contributed by atoms with van der Waals surface area (Å²) in [5.74, 6) is 0.0313. The number of amides is 1. The van der Waals surface area contributed by atoms with Crippen LogP contribution in [-0.2, 0) is 0 Å². The summed E-state index contributed by atoms with van der Waals surface area (Å²) in [5.41, 5.74) is 3.90. The number of para-hydroxylation sites is 1. The van der Waals surface area contributed by atoms with Crippen LogP contribution < -0.4 is 5.32 Å². The van der Waals surface area contributed by atoms with Crippen molar-refractivity contribution in [2.24, 2.45) is 0 Å². The van der Waals surface area contributed by atoms with Gasteiger partial charge in [0.1, 0.15) is 0 Å². The van der Waals surface area contributed by atoms with E-state index in [4.69, 9.17) is 34.8 Å². The quantitative estimate of drug-likeness (QED) is 0.357. The van der Waals surface area contributed by atoms with E-state index in [9.17, 15) is 4.79 Å². The first kappa shape index (κ1) is 21.4. The third-order valence-corrected chi connectivity index (χ3v) is 5.78. The second-order valence-corrected chi connectivity index (χ2v) is 8.24. The summed E-state index contributed by atoms with van der Waals surface area (Å²) in [5, 5.41) is 8.51. The van der Waals surface area contributed by atoms with Crippen molar-refractivity contribution in [2.75, 3.05) is 5.32 Å². The highest BCUT2D eigenvalue weighted by molar-refractivity contribution is 6.42. The zero-order chi connectivity index (χ0) is 22.1. The predicted molar refractivity (Wildman–Crippen MR) is 126 cm³/mol. The molecule has 1 amide bonds. The van der Waals surface area contributed by atoms with Gasteiger partial charge in [-0.25, -0.2) is 9.67 Å². The Hall–Kier alpha value is -2.86. The molecule has 5 nitrogen and oxygen atoms in total. The van der Waals surface area contributed by atoms with Crippen molar-refractivity contribution in [1.82, 2.24) is 14.8 Å². The van der Waals surface area contributed by atoms with Crippen molar-refractivity contribution in [3.05, 3.63) is 92.7 Å². The minimum absolute atomic E-state index is 0.000896. The highest BCUT2D eigenvalue weighted by atomic mass is 35.5. The molecule has 0 aliphatic rings. The molecule has 156 valence electrons. The number of halogens is 3. The largest absolute Gasteiger partial charge is 0.318 e. The molecule has 0 unspecified atom stereocenters. The number of benzene rings is 3. The van der Waals surface area contributed by atoms with Gasteiger partial charge < -0.3 is 5.32 Å². The van der Waals surface area contributed by atoms with Gasteiger partial charge >= 0.3 is 0 Å². The van der Waals surface area contributed by atoms with E-state index in [2.05, 4.69) is 15.4 Å². The molecule has 0 aliphatic heterocycles. The Balaban J connectivity index is 1.80. The number of hydrogen-bond donors (Lipinski definition) is 1. The monoisotopic (exact) mass is 470 g/mol. The van der Waals surface area contributed by atoms with Gasteiger partial charge in [0.2, 0.25) is 5.82 Å². The number of aryl methyl sites for hydroxylation is 2. The number of hydrogen-bond acceptors (Lipinski definition) is 3. The topological polar surface area (TPSA) is 59.8 Å². The van der Waals surface area contributed by atoms with E-state index in [0.717, 1.165) is 16.7 Å². The maximum absolute atomic E-state index is 13.0. The molecule has 0 radical (unpaired) electrons. The van der Waals surface area contributed by atoms with Gasteiger partial charge in [0.15, 0.2) is 5.82 Å². The first-order valence-corrected chi connectivity index (χ1v) is 10.5. The van der Waals surface area contributed by atoms with E-state index >= 15 is 0 Å². The summed E-state index contributed by atoms with van der Waals surface area (Å²) >= 11 is 18.5. The fourth-order valence-corrected chi connectivity index (χ4v) is 3.62. The van der Waals surface area contributed by atoms with E-state index in [1.54, 1.807) is 28.9 Å². The summed E-state index contributed by atoms with van der Waals surface area (Å²) in [6.45, 7) is 3.86. The summed E-state index contributed by atoms with van der Waals surface area (Å²) in [4.78, 5) is 17.5. The Morgan fingerprint density at radius 2 is 1.65 bits per heavy atom. The molecule has 1 N–H and O–H groups in total. The first-order chi connectivity index (χ1) is 14.8. The van der Waals surface area contributed by atoms with Crippen molar-refractivity contribution in [3.8, 4) is 17.1 Å². The average Bonchev–Trinajstić information content (AvgIpc) is 3.19. The molecular formula is C23H17Cl3N4O. The van der Waals surface area contributed by atoms with E-state index in [-0.39, 0.29) is 5.82 Å². The van der Waals surface area contributed by atoms with Crippen LogP contribution in [-0.4, -0.2) is 20.7 Å². The smallest absolute Gasteiger partial charge is 0.295 e. The molecule has 1 heterocycles. The Morgan fingerprint density at radius 3 is 2.32 bits per heavy atom. The minimum atomic E-state index is -0.469. The van der Waals surface area contributed by atoms with Gasteiger partial charge in [0, 0.05) is 5.56 Å². The van der Waals surface area contributed by atoms with Gasteiger partial charge in [-0.2, -0.15) is 0 Å². The van der Waals surface area contributed by atoms with Crippen LogP contribution in [0.2, 0.25) is 15.1 Å². The molecule has 1 aromatic heterocycles. The maximum Gasteiger partial charge on any atom is 0.295 e. The Bertz CT molecular complexity index is 1260. The molecular weight excluding hydrogens is 455 g/mol. The van der Waals surface area contributed by atoms with Gasteiger partial charge in [0.25, 0.3) is 5.91 Å². The Labute approximate surface area is 194 Å². The predicted octanol–water partition coefficient (Wildman–Crippen LogP) is 6.76. The van der Waals surface area contributed by atoms with Crippen LogP contribution in [0.1, 0.15) is 21.7 Å². The lowest BCUT2D eigenvalue weighted by atomic mass is 10.1. The second-order valence-electron chi connectivity index (χ2n) is 7.02. The molecule has 31 heavy (non-hydrogen) atoms. The van der Waals surface area contributed by atoms with Gasteiger partial charge in [0.05, 0.1) is 26.4 Å². The van der Waals surface area contributed by atoms with Crippen LogP contribution in [0, 0.1) is 13.8 Å². The van der Waals surface area contributed by atoms with Gasteiger partial charge in [-0.3, -0.25) is 4.79 Å². The normalized spacial score (nSPS) is 10.9. The van der Waals surface area contributed by atoms with E-state index in [1.165, 1.54) is 0 Å². The Kier molecular flexibility index (Phi) is 6.01. The van der Waals surface area contributed by atoms with Gasteiger partial charge in [-0.15, -0.1) is 5.10 Å². The fourth-order valence-electron chi connectivity index (χ4n) is 3.05. The Morgan fingerprint density at radius 1 is 0.903 bits per heavy atom. The lowest BCUT2D eigenvalue weighted by Crippen LogP contribution is -2.15. The van der Waals surface area contributed by atoms with E-state index in [1.807, 2.05) is 50.2 Å². The third-order valence-electron chi connectivity index (χ3n) is 4.73. The van der Waals surface area contributed by atoms with Gasteiger partial charge in [-0.1, -0.05) is 76.8 Å². The molecule has 0 saturated heterocycles. The van der Waals surface area contributed by atoms with Crippen LogP contribution in [0.4, 0.5) is 5.69 Å². The van der Waals surface area contributed by atoms with Crippen LogP contribution in [0.3, 0.4) is 0 Å². The third kappa shape index (κ3) is 4.44. The van der Waals surface area contributed by atoms with Crippen molar-refractivity contribution in [2.45, 2.75) is 13.8 Å². The average molecular weight is 472 g/mol. The molecule has 8 heteroatoms. The lowest BCUT2D eigenvalue weighted by Gasteiger charge is -2.08.